The zero-order chi connectivity index (χ0) is 15.0. The van der Waals surface area contributed by atoms with E-state index in [-0.39, 0.29) is 6.10 Å². The van der Waals surface area contributed by atoms with Gasteiger partial charge in [0.2, 0.25) is 0 Å². The van der Waals surface area contributed by atoms with Crippen molar-refractivity contribution < 1.29 is 19.0 Å². The first kappa shape index (κ1) is 13.9. The zero-order valence-corrected chi connectivity index (χ0v) is 12.5. The highest BCUT2D eigenvalue weighted by Gasteiger charge is 2.25. The molecule has 5 nitrogen and oxygen atoms in total. The Labute approximate surface area is 123 Å². The minimum atomic E-state index is -0.536. The Morgan fingerprint density at radius 2 is 2.10 bits per heavy atom. The van der Waals surface area contributed by atoms with Crippen LogP contribution < -0.4 is 4.74 Å². The molecule has 2 aromatic rings. The van der Waals surface area contributed by atoms with Gasteiger partial charge in [-0.3, -0.25) is 0 Å². The predicted octanol–water partition coefficient (Wildman–Crippen LogP) is 3.20. The number of carbonyl (C=O) groups is 1. The average Bonchev–Trinajstić information content (AvgIpc) is 3.15. The third kappa shape index (κ3) is 3.19. The highest BCUT2D eigenvalue weighted by atomic mass is 16.6. The molecule has 3 rings (SSSR count). The van der Waals surface area contributed by atoms with Crippen molar-refractivity contribution in [3.05, 3.63) is 30.5 Å². The molecule has 2 heterocycles. The number of aromatic nitrogens is 1. The molecule has 0 aliphatic carbocycles. The van der Waals surface area contributed by atoms with Gasteiger partial charge in [0.25, 0.3) is 0 Å². The summed E-state index contributed by atoms with van der Waals surface area (Å²) in [5, 5.41) is 0.893. The Balaban J connectivity index is 1.92. The van der Waals surface area contributed by atoms with Crippen molar-refractivity contribution in [3.8, 4) is 5.75 Å². The Bertz CT molecular complexity index is 664. The van der Waals surface area contributed by atoms with Gasteiger partial charge in [-0.1, -0.05) is 12.1 Å². The molecule has 1 saturated heterocycles. The van der Waals surface area contributed by atoms with Crippen LogP contribution in [0.25, 0.3) is 10.9 Å². The van der Waals surface area contributed by atoms with E-state index in [1.54, 1.807) is 6.20 Å². The van der Waals surface area contributed by atoms with Crippen molar-refractivity contribution in [2.75, 3.05) is 13.2 Å². The average molecular weight is 289 g/mol. The standard InChI is InChI=1S/C16H19NO4/c1-16(2,3)21-15(18)17-8-14(20-10-11-9-19-11)12-6-4-5-7-13(12)17/h4-8,11H,9-10H2,1-3H3. The van der Waals surface area contributed by atoms with Crippen molar-refractivity contribution in [2.24, 2.45) is 0 Å². The molecule has 0 N–H and O–H groups in total. The van der Waals surface area contributed by atoms with Crippen LogP contribution in [0.15, 0.2) is 30.5 Å². The molecule has 0 saturated carbocycles. The van der Waals surface area contributed by atoms with E-state index in [1.165, 1.54) is 4.57 Å². The van der Waals surface area contributed by atoms with Crippen molar-refractivity contribution >= 4 is 17.0 Å². The van der Waals surface area contributed by atoms with Gasteiger partial charge in [0.05, 0.1) is 18.3 Å². The maximum Gasteiger partial charge on any atom is 0.419 e. The summed E-state index contributed by atoms with van der Waals surface area (Å²) in [4.78, 5) is 12.3. The number of para-hydroxylation sites is 1. The molecule has 1 aliphatic rings. The summed E-state index contributed by atoms with van der Waals surface area (Å²) in [7, 11) is 0. The number of hydrogen-bond acceptors (Lipinski definition) is 4. The molecular formula is C16H19NO4. The molecule has 0 spiro atoms. The third-order valence-corrected chi connectivity index (χ3v) is 3.09. The van der Waals surface area contributed by atoms with Crippen molar-refractivity contribution in [1.82, 2.24) is 4.57 Å². The maximum atomic E-state index is 12.3. The van der Waals surface area contributed by atoms with Gasteiger partial charge in [-0.25, -0.2) is 9.36 Å². The lowest BCUT2D eigenvalue weighted by molar-refractivity contribution is 0.0543. The minimum absolute atomic E-state index is 0.175. The van der Waals surface area contributed by atoms with E-state index < -0.39 is 11.7 Å². The van der Waals surface area contributed by atoms with Gasteiger partial charge in [0.15, 0.2) is 0 Å². The summed E-state index contributed by atoms with van der Waals surface area (Å²) in [6.07, 6.45) is 1.45. The molecule has 0 bridgehead atoms. The van der Waals surface area contributed by atoms with Crippen molar-refractivity contribution in [3.63, 3.8) is 0 Å². The summed E-state index contributed by atoms with van der Waals surface area (Å²) in [6, 6.07) is 7.61. The first-order valence-electron chi connectivity index (χ1n) is 7.02. The first-order chi connectivity index (χ1) is 9.94. The van der Waals surface area contributed by atoms with Gasteiger partial charge in [0.1, 0.15) is 24.1 Å². The minimum Gasteiger partial charge on any atom is -0.489 e. The van der Waals surface area contributed by atoms with E-state index in [9.17, 15) is 4.79 Å². The van der Waals surface area contributed by atoms with Crippen LogP contribution in [0.4, 0.5) is 4.79 Å². The Morgan fingerprint density at radius 1 is 1.38 bits per heavy atom. The summed E-state index contributed by atoms with van der Waals surface area (Å²) < 4.78 is 17.8. The molecule has 1 atom stereocenters. The second-order valence-corrected chi connectivity index (χ2v) is 6.13. The highest BCUT2D eigenvalue weighted by molar-refractivity contribution is 5.94. The molecule has 112 valence electrons. The van der Waals surface area contributed by atoms with Crippen LogP contribution in [0.3, 0.4) is 0 Å². The van der Waals surface area contributed by atoms with Crippen molar-refractivity contribution in [2.45, 2.75) is 32.5 Å². The van der Waals surface area contributed by atoms with Gasteiger partial charge >= 0.3 is 6.09 Å². The SMILES string of the molecule is CC(C)(C)OC(=O)n1cc(OCC2CO2)c2ccccc21. The van der Waals surface area contributed by atoms with Gasteiger partial charge in [-0.05, 0) is 32.9 Å². The number of carbonyl (C=O) groups excluding carboxylic acids is 1. The fraction of sp³-hybridized carbons (Fsp3) is 0.438. The zero-order valence-electron chi connectivity index (χ0n) is 12.5. The number of epoxide rings is 1. The number of ether oxygens (including phenoxy) is 3. The summed E-state index contributed by atoms with van der Waals surface area (Å²) in [6.45, 7) is 6.78. The second kappa shape index (κ2) is 5.07. The van der Waals surface area contributed by atoms with Crippen LogP contribution in [-0.2, 0) is 9.47 Å². The topological polar surface area (TPSA) is 53.0 Å². The Kier molecular flexibility index (Phi) is 3.37. The van der Waals surface area contributed by atoms with Crippen LogP contribution in [0.2, 0.25) is 0 Å². The molecular weight excluding hydrogens is 270 g/mol. The van der Waals surface area contributed by atoms with E-state index in [1.807, 2.05) is 45.0 Å². The smallest absolute Gasteiger partial charge is 0.419 e. The normalized spacial score (nSPS) is 17.8. The van der Waals surface area contributed by atoms with Gasteiger partial charge < -0.3 is 14.2 Å². The summed E-state index contributed by atoms with van der Waals surface area (Å²) in [5.41, 5.74) is 0.240. The second-order valence-electron chi connectivity index (χ2n) is 6.13. The molecule has 21 heavy (non-hydrogen) atoms. The molecule has 0 amide bonds. The first-order valence-corrected chi connectivity index (χ1v) is 7.02. The molecule has 1 fully saturated rings. The quantitative estimate of drug-likeness (QED) is 0.814. The highest BCUT2D eigenvalue weighted by Crippen LogP contribution is 2.29. The van der Waals surface area contributed by atoms with Crippen molar-refractivity contribution in [1.29, 1.82) is 0 Å². The van der Waals surface area contributed by atoms with Gasteiger partial charge in [-0.2, -0.15) is 0 Å². The predicted molar refractivity (Wildman–Crippen MR) is 78.8 cm³/mol. The Hall–Kier alpha value is -2.01. The largest absolute Gasteiger partial charge is 0.489 e. The molecule has 1 unspecified atom stereocenters. The van der Waals surface area contributed by atoms with E-state index in [4.69, 9.17) is 14.2 Å². The van der Waals surface area contributed by atoms with Crippen LogP contribution in [0.1, 0.15) is 20.8 Å². The molecule has 0 radical (unpaired) electrons. The molecule has 1 aromatic carbocycles. The lowest BCUT2D eigenvalue weighted by atomic mass is 10.2. The lowest BCUT2D eigenvalue weighted by Crippen LogP contribution is -2.26. The van der Waals surface area contributed by atoms with Crippen LogP contribution in [0, 0.1) is 0 Å². The van der Waals surface area contributed by atoms with Gasteiger partial charge in [0, 0.05) is 5.39 Å². The number of fused-ring (bicyclic) bond motifs is 1. The molecule has 1 aromatic heterocycles. The van der Waals surface area contributed by atoms with E-state index in [2.05, 4.69) is 0 Å². The fourth-order valence-electron chi connectivity index (χ4n) is 2.07. The van der Waals surface area contributed by atoms with Crippen LogP contribution >= 0.6 is 0 Å². The third-order valence-electron chi connectivity index (χ3n) is 3.09. The number of rotatable bonds is 3. The van der Waals surface area contributed by atoms with Crippen LogP contribution in [0.5, 0.6) is 5.75 Å². The Morgan fingerprint density at radius 3 is 2.76 bits per heavy atom. The fourth-order valence-corrected chi connectivity index (χ4v) is 2.07. The molecule has 5 heteroatoms. The number of benzene rings is 1. The van der Waals surface area contributed by atoms with E-state index >= 15 is 0 Å². The summed E-state index contributed by atoms with van der Waals surface area (Å²) >= 11 is 0. The van der Waals surface area contributed by atoms with E-state index in [0.29, 0.717) is 12.4 Å². The van der Waals surface area contributed by atoms with Gasteiger partial charge in [-0.15, -0.1) is 0 Å². The summed E-state index contributed by atoms with van der Waals surface area (Å²) in [5.74, 6) is 0.673. The monoisotopic (exact) mass is 289 g/mol. The maximum absolute atomic E-state index is 12.3. The van der Waals surface area contributed by atoms with E-state index in [0.717, 1.165) is 17.5 Å². The number of hydrogen-bond donors (Lipinski definition) is 0. The number of nitrogens with zero attached hydrogens (tertiary/aromatic N) is 1. The lowest BCUT2D eigenvalue weighted by Gasteiger charge is -2.19. The molecule has 1 aliphatic heterocycles. The van der Waals surface area contributed by atoms with Crippen LogP contribution in [-0.4, -0.2) is 35.6 Å².